The van der Waals surface area contributed by atoms with Gasteiger partial charge in [-0.1, -0.05) is 31.5 Å². The molecule has 2 aliphatic heterocycles. The van der Waals surface area contributed by atoms with E-state index >= 15 is 0 Å². The monoisotopic (exact) mass is 399 g/mol. The summed E-state index contributed by atoms with van der Waals surface area (Å²) >= 11 is 0. The van der Waals surface area contributed by atoms with Crippen molar-refractivity contribution in [3.05, 3.63) is 29.8 Å². The van der Waals surface area contributed by atoms with Crippen molar-refractivity contribution in [2.24, 2.45) is 17.8 Å². The van der Waals surface area contributed by atoms with E-state index in [1.807, 2.05) is 36.1 Å². The third kappa shape index (κ3) is 5.37. The Labute approximate surface area is 173 Å². The lowest BCUT2D eigenvalue weighted by Crippen LogP contribution is -2.45. The maximum atomic E-state index is 12.9. The number of amides is 3. The molecule has 0 radical (unpaired) electrons. The van der Waals surface area contributed by atoms with E-state index in [1.54, 1.807) is 4.90 Å². The van der Waals surface area contributed by atoms with Gasteiger partial charge in [-0.2, -0.15) is 0 Å². The number of piperidine rings is 1. The van der Waals surface area contributed by atoms with E-state index in [4.69, 9.17) is 0 Å². The Morgan fingerprint density at radius 3 is 2.38 bits per heavy atom. The number of carbonyl (C=O) groups is 3. The van der Waals surface area contributed by atoms with Crippen LogP contribution >= 0.6 is 0 Å². The van der Waals surface area contributed by atoms with Crippen molar-refractivity contribution in [2.75, 3.05) is 31.1 Å². The highest BCUT2D eigenvalue weighted by molar-refractivity contribution is 6.00. The second kappa shape index (κ2) is 9.42. The lowest BCUT2D eigenvalue weighted by molar-refractivity contribution is -0.139. The normalized spacial score (nSPS) is 20.4. The van der Waals surface area contributed by atoms with Gasteiger partial charge in [-0.3, -0.25) is 14.4 Å². The van der Waals surface area contributed by atoms with E-state index in [-0.39, 0.29) is 36.0 Å². The van der Waals surface area contributed by atoms with Crippen LogP contribution < -0.4 is 10.2 Å². The Bertz CT molecular complexity index is 736. The number of aryl methyl sites for hydroxylation is 1. The largest absolute Gasteiger partial charge is 0.356 e. The van der Waals surface area contributed by atoms with Crippen molar-refractivity contribution in [3.63, 3.8) is 0 Å². The maximum absolute atomic E-state index is 12.9. The van der Waals surface area contributed by atoms with Crippen molar-refractivity contribution in [1.82, 2.24) is 10.2 Å². The Morgan fingerprint density at radius 1 is 1.10 bits per heavy atom. The van der Waals surface area contributed by atoms with Crippen LogP contribution in [0.3, 0.4) is 0 Å². The molecule has 1 N–H and O–H groups in total. The van der Waals surface area contributed by atoms with E-state index in [2.05, 4.69) is 19.2 Å². The molecule has 6 heteroatoms. The van der Waals surface area contributed by atoms with Gasteiger partial charge in [0.05, 0.1) is 5.92 Å². The molecule has 1 atom stereocenters. The van der Waals surface area contributed by atoms with E-state index in [9.17, 15) is 14.4 Å². The van der Waals surface area contributed by atoms with Crippen LogP contribution in [0.1, 0.15) is 45.1 Å². The van der Waals surface area contributed by atoms with Gasteiger partial charge < -0.3 is 15.1 Å². The summed E-state index contributed by atoms with van der Waals surface area (Å²) in [5.41, 5.74) is 2.00. The van der Waals surface area contributed by atoms with Gasteiger partial charge in [0.15, 0.2) is 0 Å². The highest BCUT2D eigenvalue weighted by Crippen LogP contribution is 2.28. The fraction of sp³-hybridized carbons (Fsp3) is 0.609. The first kappa shape index (κ1) is 21.3. The molecule has 0 aromatic heterocycles. The van der Waals surface area contributed by atoms with Gasteiger partial charge in [0.1, 0.15) is 0 Å². The van der Waals surface area contributed by atoms with Crippen LogP contribution in [0.25, 0.3) is 0 Å². The van der Waals surface area contributed by atoms with E-state index in [0.717, 1.165) is 17.7 Å². The minimum absolute atomic E-state index is 0.00613. The minimum atomic E-state index is -0.291. The first-order valence-electron chi connectivity index (χ1n) is 10.8. The van der Waals surface area contributed by atoms with Crippen LogP contribution in [0.15, 0.2) is 24.3 Å². The zero-order valence-electron chi connectivity index (χ0n) is 17.8. The minimum Gasteiger partial charge on any atom is -0.356 e. The summed E-state index contributed by atoms with van der Waals surface area (Å²) in [6.07, 6.45) is 2.64. The summed E-state index contributed by atoms with van der Waals surface area (Å²) in [6, 6.07) is 7.83. The van der Waals surface area contributed by atoms with Crippen LogP contribution in [0.4, 0.5) is 5.69 Å². The molecule has 29 heavy (non-hydrogen) atoms. The number of hydrogen-bond donors (Lipinski definition) is 1. The number of anilines is 1. The summed E-state index contributed by atoms with van der Waals surface area (Å²) < 4.78 is 0. The van der Waals surface area contributed by atoms with Crippen molar-refractivity contribution in [3.8, 4) is 0 Å². The molecule has 2 fully saturated rings. The molecule has 0 aliphatic carbocycles. The zero-order valence-corrected chi connectivity index (χ0v) is 17.8. The molecule has 1 aromatic carbocycles. The zero-order chi connectivity index (χ0) is 21.0. The molecule has 0 saturated carbocycles. The van der Waals surface area contributed by atoms with Crippen LogP contribution in [-0.2, 0) is 14.4 Å². The van der Waals surface area contributed by atoms with E-state index in [1.165, 1.54) is 0 Å². The van der Waals surface area contributed by atoms with Crippen molar-refractivity contribution < 1.29 is 14.4 Å². The SMILES string of the molecule is Cc1ccc(N2C[C@@H](C(=O)N3CCC(C(=O)NCCC(C)C)CC3)CC2=O)cc1. The van der Waals surface area contributed by atoms with Crippen LogP contribution in [0.2, 0.25) is 0 Å². The third-order valence-corrected chi connectivity index (χ3v) is 6.02. The number of benzene rings is 1. The molecule has 0 spiro atoms. The Balaban J connectivity index is 1.49. The summed E-state index contributed by atoms with van der Waals surface area (Å²) in [6.45, 7) is 8.64. The molecule has 2 saturated heterocycles. The Morgan fingerprint density at radius 2 is 1.76 bits per heavy atom. The molecule has 3 amide bonds. The number of hydrogen-bond acceptors (Lipinski definition) is 3. The first-order valence-corrected chi connectivity index (χ1v) is 10.8. The first-order chi connectivity index (χ1) is 13.8. The van der Waals surface area contributed by atoms with Gasteiger partial charge in [-0.15, -0.1) is 0 Å². The average molecular weight is 400 g/mol. The quantitative estimate of drug-likeness (QED) is 0.800. The lowest BCUT2D eigenvalue weighted by Gasteiger charge is -2.33. The number of nitrogens with one attached hydrogen (secondary N) is 1. The average Bonchev–Trinajstić information content (AvgIpc) is 3.09. The Hall–Kier alpha value is -2.37. The second-order valence-electron chi connectivity index (χ2n) is 8.81. The molecule has 2 aliphatic rings. The van der Waals surface area contributed by atoms with Crippen molar-refractivity contribution in [2.45, 2.75) is 46.5 Å². The third-order valence-electron chi connectivity index (χ3n) is 6.02. The predicted octanol–water partition coefficient (Wildman–Crippen LogP) is 2.75. The van der Waals surface area contributed by atoms with Gasteiger partial charge in [-0.05, 0) is 44.2 Å². The molecule has 0 unspecified atom stereocenters. The van der Waals surface area contributed by atoms with Crippen LogP contribution in [-0.4, -0.2) is 48.8 Å². The van der Waals surface area contributed by atoms with Crippen LogP contribution in [0.5, 0.6) is 0 Å². The highest BCUT2D eigenvalue weighted by Gasteiger charge is 2.38. The molecule has 2 heterocycles. The molecule has 3 rings (SSSR count). The summed E-state index contributed by atoms with van der Waals surface area (Å²) in [7, 11) is 0. The standard InChI is InChI=1S/C23H33N3O3/c1-16(2)8-11-24-22(28)18-9-12-25(13-10-18)23(29)19-14-21(27)26(15-19)20-6-4-17(3)5-7-20/h4-7,16,18-19H,8-15H2,1-3H3,(H,24,28)/t19-/m0/s1. The lowest BCUT2D eigenvalue weighted by atomic mass is 9.94. The topological polar surface area (TPSA) is 69.7 Å². The van der Waals surface area contributed by atoms with Gasteiger partial charge >= 0.3 is 0 Å². The predicted molar refractivity (Wildman–Crippen MR) is 113 cm³/mol. The second-order valence-corrected chi connectivity index (χ2v) is 8.81. The van der Waals surface area contributed by atoms with Gasteiger partial charge in [-0.25, -0.2) is 0 Å². The van der Waals surface area contributed by atoms with E-state index < -0.39 is 0 Å². The van der Waals surface area contributed by atoms with Gasteiger partial charge in [0, 0.05) is 44.2 Å². The Kier molecular flexibility index (Phi) is 6.93. The number of likely N-dealkylation sites (tertiary alicyclic amines) is 1. The molecule has 158 valence electrons. The number of nitrogens with zero attached hydrogens (tertiary/aromatic N) is 2. The summed E-state index contributed by atoms with van der Waals surface area (Å²) in [5.74, 6) is 0.432. The highest BCUT2D eigenvalue weighted by atomic mass is 16.2. The summed E-state index contributed by atoms with van der Waals surface area (Å²) in [5, 5.41) is 3.02. The fourth-order valence-electron chi connectivity index (χ4n) is 4.10. The summed E-state index contributed by atoms with van der Waals surface area (Å²) in [4.78, 5) is 41.3. The number of carbonyl (C=O) groups excluding carboxylic acids is 3. The van der Waals surface area contributed by atoms with Crippen molar-refractivity contribution >= 4 is 23.4 Å². The molecular weight excluding hydrogens is 366 g/mol. The fourth-order valence-corrected chi connectivity index (χ4v) is 4.10. The molecular formula is C23H33N3O3. The molecule has 6 nitrogen and oxygen atoms in total. The molecule has 0 bridgehead atoms. The van der Waals surface area contributed by atoms with Crippen molar-refractivity contribution in [1.29, 1.82) is 0 Å². The maximum Gasteiger partial charge on any atom is 0.228 e. The molecule has 1 aromatic rings. The van der Waals surface area contributed by atoms with Crippen LogP contribution in [0, 0.1) is 24.7 Å². The van der Waals surface area contributed by atoms with Gasteiger partial charge in [0.2, 0.25) is 17.7 Å². The van der Waals surface area contributed by atoms with Gasteiger partial charge in [0.25, 0.3) is 0 Å². The van der Waals surface area contributed by atoms with E-state index in [0.29, 0.717) is 44.9 Å². The number of rotatable bonds is 6. The smallest absolute Gasteiger partial charge is 0.228 e.